The summed E-state index contributed by atoms with van der Waals surface area (Å²) >= 11 is 1.85. The second kappa shape index (κ2) is 7.91. The highest BCUT2D eigenvalue weighted by Crippen LogP contribution is 2.37. The molecule has 1 aromatic heterocycles. The number of ether oxygens (including phenoxy) is 1. The van der Waals surface area contributed by atoms with Gasteiger partial charge in [0.2, 0.25) is 0 Å². The van der Waals surface area contributed by atoms with Crippen LogP contribution in [0.5, 0.6) is 5.75 Å². The number of nitrogens with one attached hydrogen (secondary N) is 1. The Labute approximate surface area is 121 Å². The molecule has 2 nitrogen and oxygen atoms in total. The summed E-state index contributed by atoms with van der Waals surface area (Å²) in [4.78, 5) is 1.46. The van der Waals surface area contributed by atoms with Gasteiger partial charge in [0.1, 0.15) is 5.75 Å². The van der Waals surface area contributed by atoms with Crippen molar-refractivity contribution in [3.8, 4) is 5.75 Å². The van der Waals surface area contributed by atoms with Crippen molar-refractivity contribution in [1.82, 2.24) is 5.32 Å². The molecule has 0 aromatic carbocycles. The molecule has 0 bridgehead atoms. The van der Waals surface area contributed by atoms with Crippen LogP contribution in [-0.4, -0.2) is 13.7 Å². The molecule has 2 rings (SSSR count). The van der Waals surface area contributed by atoms with Gasteiger partial charge >= 0.3 is 0 Å². The molecule has 1 fully saturated rings. The van der Waals surface area contributed by atoms with E-state index in [1.54, 1.807) is 7.11 Å². The molecule has 0 spiro atoms. The topological polar surface area (TPSA) is 21.3 Å². The van der Waals surface area contributed by atoms with Gasteiger partial charge in [0.25, 0.3) is 0 Å². The highest BCUT2D eigenvalue weighted by atomic mass is 32.1. The number of methoxy groups -OCH3 is 1. The number of thiophene rings is 1. The van der Waals surface area contributed by atoms with E-state index < -0.39 is 0 Å². The van der Waals surface area contributed by atoms with Crippen LogP contribution in [0.4, 0.5) is 0 Å². The lowest BCUT2D eigenvalue weighted by atomic mass is 9.90. The predicted octanol–water partition coefficient (Wildman–Crippen LogP) is 4.77. The van der Waals surface area contributed by atoms with E-state index in [0.717, 1.165) is 18.2 Å². The Balaban J connectivity index is 2.08. The molecule has 1 N–H and O–H groups in total. The van der Waals surface area contributed by atoms with Gasteiger partial charge in [0.05, 0.1) is 7.11 Å². The van der Waals surface area contributed by atoms with E-state index in [4.69, 9.17) is 4.74 Å². The van der Waals surface area contributed by atoms with E-state index in [1.807, 2.05) is 11.3 Å². The Kier molecular flexibility index (Phi) is 6.18. The van der Waals surface area contributed by atoms with Crippen LogP contribution in [0.3, 0.4) is 0 Å². The van der Waals surface area contributed by atoms with E-state index in [2.05, 4.69) is 23.7 Å². The molecule has 1 unspecified atom stereocenters. The summed E-state index contributed by atoms with van der Waals surface area (Å²) in [6, 6.07) is 2.76. The van der Waals surface area contributed by atoms with Crippen molar-refractivity contribution in [3.05, 3.63) is 16.3 Å². The third-order valence-corrected chi connectivity index (χ3v) is 5.12. The van der Waals surface area contributed by atoms with Crippen LogP contribution in [0.15, 0.2) is 11.4 Å². The third-order valence-electron chi connectivity index (χ3n) is 4.12. The quantitative estimate of drug-likeness (QED) is 0.759. The van der Waals surface area contributed by atoms with E-state index in [1.165, 1.54) is 49.8 Å². The molecule has 19 heavy (non-hydrogen) atoms. The van der Waals surface area contributed by atoms with Crippen LogP contribution in [-0.2, 0) is 0 Å². The van der Waals surface area contributed by atoms with E-state index in [9.17, 15) is 0 Å². The molecule has 1 aromatic rings. The first-order valence-corrected chi connectivity index (χ1v) is 8.59. The maximum absolute atomic E-state index is 5.34. The fourth-order valence-corrected chi connectivity index (χ4v) is 4.07. The van der Waals surface area contributed by atoms with E-state index in [-0.39, 0.29) is 0 Å². The summed E-state index contributed by atoms with van der Waals surface area (Å²) < 4.78 is 5.34. The molecule has 0 aliphatic heterocycles. The van der Waals surface area contributed by atoms with Crippen molar-refractivity contribution in [3.63, 3.8) is 0 Å². The van der Waals surface area contributed by atoms with Crippen molar-refractivity contribution in [2.75, 3.05) is 13.7 Å². The molecule has 1 saturated carbocycles. The average Bonchev–Trinajstić information content (AvgIpc) is 2.74. The lowest BCUT2D eigenvalue weighted by Gasteiger charge is -2.26. The van der Waals surface area contributed by atoms with Crippen LogP contribution in [0.25, 0.3) is 0 Å². The minimum absolute atomic E-state index is 0.534. The first-order valence-electron chi connectivity index (χ1n) is 7.71. The molecular formula is C16H27NOS. The monoisotopic (exact) mass is 281 g/mol. The second-order valence-corrected chi connectivity index (χ2v) is 6.52. The molecule has 1 atom stereocenters. The Morgan fingerprint density at radius 1 is 1.32 bits per heavy atom. The van der Waals surface area contributed by atoms with Gasteiger partial charge < -0.3 is 10.1 Å². The summed E-state index contributed by atoms with van der Waals surface area (Å²) in [5, 5.41) is 5.91. The number of rotatable bonds is 6. The van der Waals surface area contributed by atoms with Gasteiger partial charge in [-0.05, 0) is 37.8 Å². The van der Waals surface area contributed by atoms with Crippen LogP contribution in [0, 0.1) is 5.92 Å². The third kappa shape index (κ3) is 4.22. The van der Waals surface area contributed by atoms with Crippen LogP contribution in [0.2, 0.25) is 0 Å². The minimum Gasteiger partial charge on any atom is -0.496 e. The van der Waals surface area contributed by atoms with Crippen LogP contribution < -0.4 is 10.1 Å². The molecular weight excluding hydrogens is 254 g/mol. The van der Waals surface area contributed by atoms with Gasteiger partial charge in [-0.25, -0.2) is 0 Å². The summed E-state index contributed by atoms with van der Waals surface area (Å²) in [5.74, 6) is 1.81. The molecule has 0 amide bonds. The number of hydrogen-bond acceptors (Lipinski definition) is 3. The lowest BCUT2D eigenvalue weighted by molar-refractivity contribution is 0.329. The second-order valence-electron chi connectivity index (χ2n) is 5.57. The highest BCUT2D eigenvalue weighted by Gasteiger charge is 2.25. The van der Waals surface area contributed by atoms with Gasteiger partial charge in [0, 0.05) is 16.3 Å². The minimum atomic E-state index is 0.534. The fraction of sp³-hybridized carbons (Fsp3) is 0.750. The van der Waals surface area contributed by atoms with Crippen molar-refractivity contribution in [1.29, 1.82) is 0 Å². The summed E-state index contributed by atoms with van der Waals surface area (Å²) in [5.41, 5.74) is 0. The molecule has 3 heteroatoms. The fourth-order valence-electron chi connectivity index (χ4n) is 3.05. The van der Waals surface area contributed by atoms with Crippen molar-refractivity contribution >= 4 is 11.3 Å². The maximum atomic E-state index is 5.34. The molecule has 108 valence electrons. The average molecular weight is 281 g/mol. The Hall–Kier alpha value is -0.540. The molecule has 1 aliphatic carbocycles. The van der Waals surface area contributed by atoms with Crippen molar-refractivity contribution in [2.24, 2.45) is 5.92 Å². The first-order chi connectivity index (χ1) is 9.35. The zero-order valence-corrected chi connectivity index (χ0v) is 13.1. The van der Waals surface area contributed by atoms with Crippen LogP contribution >= 0.6 is 11.3 Å². The van der Waals surface area contributed by atoms with E-state index >= 15 is 0 Å². The maximum Gasteiger partial charge on any atom is 0.129 e. The highest BCUT2D eigenvalue weighted by molar-refractivity contribution is 7.10. The normalized spacial score (nSPS) is 19.1. The largest absolute Gasteiger partial charge is 0.496 e. The SMILES string of the molecule is CCCNC(c1cc(OC)cs1)C1CCCCCC1. The molecule has 0 saturated heterocycles. The zero-order valence-electron chi connectivity index (χ0n) is 12.3. The number of hydrogen-bond donors (Lipinski definition) is 1. The first kappa shape index (κ1) is 14.9. The molecule has 1 heterocycles. The van der Waals surface area contributed by atoms with E-state index in [0.29, 0.717) is 6.04 Å². The summed E-state index contributed by atoms with van der Waals surface area (Å²) in [7, 11) is 1.76. The molecule has 0 radical (unpaired) electrons. The zero-order chi connectivity index (χ0) is 13.5. The Morgan fingerprint density at radius 3 is 2.63 bits per heavy atom. The summed E-state index contributed by atoms with van der Waals surface area (Å²) in [6.45, 7) is 3.35. The van der Waals surface area contributed by atoms with Gasteiger partial charge in [-0.3, -0.25) is 0 Å². The Morgan fingerprint density at radius 2 is 2.05 bits per heavy atom. The van der Waals surface area contributed by atoms with Crippen molar-refractivity contribution in [2.45, 2.75) is 57.9 Å². The lowest BCUT2D eigenvalue weighted by Crippen LogP contribution is -2.28. The smallest absolute Gasteiger partial charge is 0.129 e. The summed E-state index contributed by atoms with van der Waals surface area (Å²) in [6.07, 6.45) is 9.60. The van der Waals surface area contributed by atoms with Gasteiger partial charge in [0.15, 0.2) is 0 Å². The Bertz CT molecular complexity index is 355. The van der Waals surface area contributed by atoms with Gasteiger partial charge in [-0.1, -0.05) is 32.6 Å². The predicted molar refractivity (Wildman–Crippen MR) is 83.1 cm³/mol. The van der Waals surface area contributed by atoms with Gasteiger partial charge in [-0.15, -0.1) is 11.3 Å². The van der Waals surface area contributed by atoms with Crippen molar-refractivity contribution < 1.29 is 4.74 Å². The van der Waals surface area contributed by atoms with Crippen LogP contribution in [0.1, 0.15) is 62.8 Å². The van der Waals surface area contributed by atoms with Gasteiger partial charge in [-0.2, -0.15) is 0 Å². The standard InChI is InChI=1S/C16H27NOS/c1-3-10-17-16(13-8-6-4-5-7-9-13)15-11-14(18-2)12-19-15/h11-13,16-17H,3-10H2,1-2H3. The molecule has 1 aliphatic rings.